The van der Waals surface area contributed by atoms with Crippen molar-refractivity contribution >= 4 is 5.97 Å². The van der Waals surface area contributed by atoms with Crippen molar-refractivity contribution in [2.75, 3.05) is 0 Å². The van der Waals surface area contributed by atoms with Gasteiger partial charge in [0.15, 0.2) is 0 Å². The van der Waals surface area contributed by atoms with Crippen molar-refractivity contribution in [3.05, 3.63) is 35.4 Å². The average Bonchev–Trinajstić information content (AvgIpc) is 2.68. The van der Waals surface area contributed by atoms with Gasteiger partial charge in [0.2, 0.25) is 0 Å². The summed E-state index contributed by atoms with van der Waals surface area (Å²) in [7, 11) is 0. The van der Waals surface area contributed by atoms with E-state index in [0.29, 0.717) is 18.8 Å². The number of aliphatic carboxylic acids is 1. The predicted octanol–water partition coefficient (Wildman–Crippen LogP) is 3.29. The quantitative estimate of drug-likeness (QED) is 0.865. The molecule has 1 aliphatic carbocycles. The lowest BCUT2D eigenvalue weighted by molar-refractivity contribution is -0.149. The first-order valence-electron chi connectivity index (χ1n) is 6.37. The van der Waals surface area contributed by atoms with Crippen molar-refractivity contribution in [1.82, 2.24) is 0 Å². The molecule has 1 atom stereocenters. The zero-order valence-electron chi connectivity index (χ0n) is 10.6. The molecule has 0 aliphatic heterocycles. The van der Waals surface area contributed by atoms with Crippen molar-refractivity contribution < 1.29 is 9.90 Å². The number of hydrogen-bond acceptors (Lipinski definition) is 1. The predicted molar refractivity (Wildman–Crippen MR) is 68.0 cm³/mol. The Labute approximate surface area is 103 Å². The maximum Gasteiger partial charge on any atom is 0.310 e. The lowest BCUT2D eigenvalue weighted by Crippen LogP contribution is -2.33. The summed E-state index contributed by atoms with van der Waals surface area (Å²) in [6.45, 7) is 4.27. The normalized spacial score (nSPS) is 18.7. The molecule has 0 heterocycles. The molecule has 1 unspecified atom stereocenters. The van der Waals surface area contributed by atoms with E-state index in [1.807, 2.05) is 12.1 Å². The molecule has 1 aromatic carbocycles. The number of carbonyl (C=O) groups is 1. The van der Waals surface area contributed by atoms with Crippen molar-refractivity contribution in [3.8, 4) is 0 Å². The van der Waals surface area contributed by atoms with E-state index in [1.54, 1.807) is 0 Å². The fraction of sp³-hybridized carbons (Fsp3) is 0.533. The SMILES string of the molecule is CCC(C)CC1(C(=O)O)Cc2ccccc2C1. The van der Waals surface area contributed by atoms with Crippen LogP contribution in [-0.2, 0) is 17.6 Å². The van der Waals surface area contributed by atoms with E-state index in [0.717, 1.165) is 12.8 Å². The molecule has 2 heteroatoms. The number of hydrogen-bond donors (Lipinski definition) is 1. The van der Waals surface area contributed by atoms with Crippen LogP contribution >= 0.6 is 0 Å². The highest BCUT2D eigenvalue weighted by atomic mass is 16.4. The number of carboxylic acids is 1. The first kappa shape index (κ1) is 12.2. The van der Waals surface area contributed by atoms with E-state index in [9.17, 15) is 9.90 Å². The Balaban J connectivity index is 2.26. The summed E-state index contributed by atoms with van der Waals surface area (Å²) in [5.41, 5.74) is 1.88. The molecule has 1 aromatic rings. The molecule has 0 radical (unpaired) electrons. The van der Waals surface area contributed by atoms with E-state index in [-0.39, 0.29) is 0 Å². The summed E-state index contributed by atoms with van der Waals surface area (Å²) in [6.07, 6.45) is 3.23. The minimum Gasteiger partial charge on any atom is -0.481 e. The van der Waals surface area contributed by atoms with E-state index in [2.05, 4.69) is 26.0 Å². The smallest absolute Gasteiger partial charge is 0.310 e. The molecule has 0 aromatic heterocycles. The minimum atomic E-state index is -0.631. The summed E-state index contributed by atoms with van der Waals surface area (Å²) in [5.74, 6) is -0.158. The van der Waals surface area contributed by atoms with Gasteiger partial charge in [-0.2, -0.15) is 0 Å². The van der Waals surface area contributed by atoms with Crippen molar-refractivity contribution in [1.29, 1.82) is 0 Å². The molecule has 0 saturated heterocycles. The maximum atomic E-state index is 11.6. The molecule has 0 saturated carbocycles. The van der Waals surface area contributed by atoms with Gasteiger partial charge in [-0.05, 0) is 36.3 Å². The number of fused-ring (bicyclic) bond motifs is 1. The molecule has 92 valence electrons. The van der Waals surface area contributed by atoms with Crippen LogP contribution in [0.1, 0.15) is 37.8 Å². The summed E-state index contributed by atoms with van der Waals surface area (Å²) in [4.78, 5) is 11.6. The minimum absolute atomic E-state index is 0.473. The van der Waals surface area contributed by atoms with E-state index < -0.39 is 11.4 Å². The Morgan fingerprint density at radius 2 is 1.88 bits per heavy atom. The largest absolute Gasteiger partial charge is 0.481 e. The third-order valence-corrected chi connectivity index (χ3v) is 4.07. The molecule has 2 nitrogen and oxygen atoms in total. The molecule has 0 amide bonds. The van der Waals surface area contributed by atoms with Crippen LogP contribution in [0.15, 0.2) is 24.3 Å². The highest BCUT2D eigenvalue weighted by Crippen LogP contribution is 2.42. The first-order chi connectivity index (χ1) is 8.07. The van der Waals surface area contributed by atoms with Gasteiger partial charge in [-0.25, -0.2) is 0 Å². The van der Waals surface area contributed by atoms with Crippen LogP contribution < -0.4 is 0 Å². The van der Waals surface area contributed by atoms with Crippen LogP contribution in [0.5, 0.6) is 0 Å². The average molecular weight is 232 g/mol. The lowest BCUT2D eigenvalue weighted by Gasteiger charge is -2.26. The van der Waals surface area contributed by atoms with Gasteiger partial charge in [0.1, 0.15) is 0 Å². The van der Waals surface area contributed by atoms with Crippen LogP contribution in [0.2, 0.25) is 0 Å². The number of carboxylic acid groups (broad SMARTS) is 1. The van der Waals surface area contributed by atoms with Crippen LogP contribution in [0, 0.1) is 11.3 Å². The highest BCUT2D eigenvalue weighted by molar-refractivity contribution is 5.77. The summed E-state index contributed by atoms with van der Waals surface area (Å²) >= 11 is 0. The van der Waals surface area contributed by atoms with Gasteiger partial charge in [0.25, 0.3) is 0 Å². The number of rotatable bonds is 4. The van der Waals surface area contributed by atoms with Gasteiger partial charge in [-0.1, -0.05) is 44.5 Å². The summed E-state index contributed by atoms with van der Waals surface area (Å²) < 4.78 is 0. The second kappa shape index (κ2) is 4.52. The lowest BCUT2D eigenvalue weighted by atomic mass is 9.76. The molecule has 1 aliphatic rings. The van der Waals surface area contributed by atoms with E-state index in [1.165, 1.54) is 11.1 Å². The van der Waals surface area contributed by atoms with E-state index in [4.69, 9.17) is 0 Å². The highest BCUT2D eigenvalue weighted by Gasteiger charge is 2.44. The number of benzene rings is 1. The monoisotopic (exact) mass is 232 g/mol. The third kappa shape index (κ3) is 2.21. The molecule has 1 N–H and O–H groups in total. The van der Waals surface area contributed by atoms with Crippen molar-refractivity contribution in [3.63, 3.8) is 0 Å². The van der Waals surface area contributed by atoms with Crippen LogP contribution in [0.4, 0.5) is 0 Å². The second-order valence-corrected chi connectivity index (χ2v) is 5.43. The molecular weight excluding hydrogens is 212 g/mol. The van der Waals surface area contributed by atoms with Gasteiger partial charge in [0, 0.05) is 0 Å². The van der Waals surface area contributed by atoms with Gasteiger partial charge in [-0.15, -0.1) is 0 Å². The van der Waals surface area contributed by atoms with Gasteiger partial charge in [0.05, 0.1) is 5.41 Å². The Morgan fingerprint density at radius 1 is 1.35 bits per heavy atom. The molecule has 0 spiro atoms. The Kier molecular flexibility index (Phi) is 3.23. The summed E-state index contributed by atoms with van der Waals surface area (Å²) in [6, 6.07) is 8.13. The van der Waals surface area contributed by atoms with Gasteiger partial charge >= 0.3 is 5.97 Å². The maximum absolute atomic E-state index is 11.6. The Hall–Kier alpha value is -1.31. The Bertz CT molecular complexity index is 398. The van der Waals surface area contributed by atoms with Gasteiger partial charge in [-0.3, -0.25) is 4.79 Å². The Morgan fingerprint density at radius 3 is 2.29 bits per heavy atom. The van der Waals surface area contributed by atoms with E-state index >= 15 is 0 Å². The topological polar surface area (TPSA) is 37.3 Å². The zero-order chi connectivity index (χ0) is 12.5. The molecule has 0 fully saturated rings. The van der Waals surface area contributed by atoms with Crippen molar-refractivity contribution in [2.45, 2.75) is 39.5 Å². The van der Waals surface area contributed by atoms with Crippen molar-refractivity contribution in [2.24, 2.45) is 11.3 Å². The summed E-state index contributed by atoms with van der Waals surface area (Å²) in [5, 5.41) is 9.58. The molecule has 17 heavy (non-hydrogen) atoms. The standard InChI is InChI=1S/C15H20O2/c1-3-11(2)8-15(14(16)17)9-12-6-4-5-7-13(12)10-15/h4-7,11H,3,8-10H2,1-2H3,(H,16,17). The van der Waals surface area contributed by atoms with Crippen LogP contribution in [-0.4, -0.2) is 11.1 Å². The van der Waals surface area contributed by atoms with Gasteiger partial charge < -0.3 is 5.11 Å². The van der Waals surface area contributed by atoms with Crippen LogP contribution in [0.3, 0.4) is 0 Å². The molecule has 2 rings (SSSR count). The fourth-order valence-corrected chi connectivity index (χ4v) is 2.89. The molecular formula is C15H20O2. The molecule has 0 bridgehead atoms. The second-order valence-electron chi connectivity index (χ2n) is 5.43. The van der Waals surface area contributed by atoms with Crippen LogP contribution in [0.25, 0.3) is 0 Å². The fourth-order valence-electron chi connectivity index (χ4n) is 2.89. The first-order valence-corrected chi connectivity index (χ1v) is 6.37. The zero-order valence-corrected chi connectivity index (χ0v) is 10.6. The third-order valence-electron chi connectivity index (χ3n) is 4.07.